The number of fused-ring (bicyclic) bond motifs is 2. The van der Waals surface area contributed by atoms with E-state index in [1.807, 2.05) is 24.3 Å². The summed E-state index contributed by atoms with van der Waals surface area (Å²) < 4.78 is 22.0. The minimum Gasteiger partial charge on any atom is -0.493 e. The zero-order valence-corrected chi connectivity index (χ0v) is 17.6. The molecule has 0 heterocycles. The molecule has 0 aromatic heterocycles. The quantitative estimate of drug-likeness (QED) is 0.514. The van der Waals surface area contributed by atoms with Crippen LogP contribution in [-0.2, 0) is 19.1 Å². The van der Waals surface area contributed by atoms with Gasteiger partial charge in [-0.15, -0.1) is 6.58 Å². The average molecular weight is 400 g/mol. The molecule has 156 valence electrons. The van der Waals surface area contributed by atoms with Crippen molar-refractivity contribution in [3.05, 3.63) is 48.3 Å². The maximum Gasteiger partial charge on any atom is 0.302 e. The average Bonchev–Trinajstić information content (AvgIpc) is 2.87. The molecule has 0 spiro atoms. The largest absolute Gasteiger partial charge is 0.493 e. The maximum absolute atomic E-state index is 13.3. The van der Waals surface area contributed by atoms with Crippen LogP contribution in [0.4, 0.5) is 0 Å². The van der Waals surface area contributed by atoms with Gasteiger partial charge in [0.15, 0.2) is 17.3 Å². The van der Waals surface area contributed by atoms with Gasteiger partial charge in [0, 0.05) is 18.3 Å². The summed E-state index contributed by atoms with van der Waals surface area (Å²) in [5, 5.41) is 0. The van der Waals surface area contributed by atoms with Crippen molar-refractivity contribution < 1.29 is 28.5 Å². The van der Waals surface area contributed by atoms with E-state index in [9.17, 15) is 9.59 Å². The Kier molecular flexibility index (Phi) is 5.73. The van der Waals surface area contributed by atoms with Crippen molar-refractivity contribution in [1.29, 1.82) is 0 Å². The minimum atomic E-state index is -0.586. The SMILES string of the molecule is C=CCC12C=C(OC)C(=O)C(C(c3ccc(OC)c(OC)c3)C1C)C2OC(C)=O. The van der Waals surface area contributed by atoms with E-state index >= 15 is 0 Å². The molecule has 5 unspecified atom stereocenters. The van der Waals surface area contributed by atoms with Gasteiger partial charge in [-0.25, -0.2) is 0 Å². The topological polar surface area (TPSA) is 71.1 Å². The highest BCUT2D eigenvalue weighted by Crippen LogP contribution is 2.62. The Bertz CT molecular complexity index is 857. The summed E-state index contributed by atoms with van der Waals surface area (Å²) in [5.41, 5.74) is 0.358. The predicted octanol–water partition coefficient (Wildman–Crippen LogP) is 3.66. The molecule has 1 saturated carbocycles. The van der Waals surface area contributed by atoms with Gasteiger partial charge in [-0.3, -0.25) is 9.59 Å². The van der Waals surface area contributed by atoms with Crippen LogP contribution in [0.25, 0.3) is 0 Å². The lowest BCUT2D eigenvalue weighted by molar-refractivity contribution is -0.156. The summed E-state index contributed by atoms with van der Waals surface area (Å²) >= 11 is 0. The Balaban J connectivity index is 2.19. The Hall–Kier alpha value is -2.76. The second kappa shape index (κ2) is 7.93. The molecule has 2 aliphatic carbocycles. The smallest absolute Gasteiger partial charge is 0.302 e. The van der Waals surface area contributed by atoms with Gasteiger partial charge in [-0.2, -0.15) is 0 Å². The van der Waals surface area contributed by atoms with Crippen molar-refractivity contribution in [1.82, 2.24) is 0 Å². The summed E-state index contributed by atoms with van der Waals surface area (Å²) in [6.45, 7) is 7.36. The van der Waals surface area contributed by atoms with Crippen LogP contribution in [0.2, 0.25) is 0 Å². The number of ether oxygens (including phenoxy) is 4. The third-order valence-corrected chi connectivity index (χ3v) is 6.38. The molecule has 0 aliphatic heterocycles. The monoisotopic (exact) mass is 400 g/mol. The van der Waals surface area contributed by atoms with Crippen LogP contribution in [0.3, 0.4) is 0 Å². The van der Waals surface area contributed by atoms with Crippen LogP contribution >= 0.6 is 0 Å². The second-order valence-electron chi connectivity index (χ2n) is 7.67. The number of rotatable bonds is 7. The molecule has 2 bridgehead atoms. The Morgan fingerprint density at radius 1 is 1.14 bits per heavy atom. The number of esters is 1. The van der Waals surface area contributed by atoms with Crippen molar-refractivity contribution in [2.24, 2.45) is 17.3 Å². The van der Waals surface area contributed by atoms with Gasteiger partial charge in [0.2, 0.25) is 5.78 Å². The first-order valence-electron chi connectivity index (χ1n) is 9.65. The summed E-state index contributed by atoms with van der Waals surface area (Å²) in [7, 11) is 4.65. The van der Waals surface area contributed by atoms with E-state index in [2.05, 4.69) is 13.5 Å². The number of ketones is 1. The number of hydrogen-bond acceptors (Lipinski definition) is 6. The van der Waals surface area contributed by atoms with Crippen LogP contribution in [0, 0.1) is 17.3 Å². The Morgan fingerprint density at radius 3 is 2.38 bits per heavy atom. The van der Waals surface area contributed by atoms with E-state index in [4.69, 9.17) is 18.9 Å². The lowest BCUT2D eigenvalue weighted by atomic mass is 9.70. The lowest BCUT2D eigenvalue weighted by Gasteiger charge is -2.38. The molecule has 3 rings (SSSR count). The number of methoxy groups -OCH3 is 3. The normalized spacial score (nSPS) is 30.4. The molecule has 1 fully saturated rings. The summed E-state index contributed by atoms with van der Waals surface area (Å²) in [6, 6.07) is 5.67. The van der Waals surface area contributed by atoms with E-state index in [1.54, 1.807) is 20.3 Å². The van der Waals surface area contributed by atoms with Crippen LogP contribution in [0.5, 0.6) is 11.5 Å². The molecule has 1 aromatic rings. The number of benzene rings is 1. The van der Waals surface area contributed by atoms with E-state index in [0.29, 0.717) is 23.7 Å². The van der Waals surface area contributed by atoms with Gasteiger partial charge in [0.25, 0.3) is 0 Å². The lowest BCUT2D eigenvalue weighted by Crippen LogP contribution is -2.44. The Morgan fingerprint density at radius 2 is 1.83 bits per heavy atom. The molecule has 5 atom stereocenters. The molecule has 0 N–H and O–H groups in total. The van der Waals surface area contributed by atoms with Crippen molar-refractivity contribution in [3.63, 3.8) is 0 Å². The van der Waals surface area contributed by atoms with Crippen LogP contribution < -0.4 is 9.47 Å². The number of carbonyl (C=O) groups excluding carboxylic acids is 2. The highest BCUT2D eigenvalue weighted by atomic mass is 16.5. The molecular weight excluding hydrogens is 372 g/mol. The number of carbonyl (C=O) groups is 2. The highest BCUT2D eigenvalue weighted by molar-refractivity contribution is 5.99. The third-order valence-electron chi connectivity index (χ3n) is 6.38. The number of Topliss-reactive ketones (excluding diaryl/α,β-unsaturated/α-hetero) is 1. The molecule has 29 heavy (non-hydrogen) atoms. The van der Waals surface area contributed by atoms with E-state index in [0.717, 1.165) is 5.56 Å². The zero-order valence-electron chi connectivity index (χ0n) is 17.6. The fraction of sp³-hybridized carbons (Fsp3) is 0.478. The predicted molar refractivity (Wildman–Crippen MR) is 108 cm³/mol. The van der Waals surface area contributed by atoms with Crippen molar-refractivity contribution in [2.75, 3.05) is 21.3 Å². The molecule has 0 saturated heterocycles. The van der Waals surface area contributed by atoms with Crippen LogP contribution in [0.15, 0.2) is 42.7 Å². The summed E-state index contributed by atoms with van der Waals surface area (Å²) in [4.78, 5) is 25.2. The molecule has 0 amide bonds. The second-order valence-corrected chi connectivity index (χ2v) is 7.67. The maximum atomic E-state index is 13.3. The van der Waals surface area contributed by atoms with Gasteiger partial charge in [0.1, 0.15) is 6.10 Å². The fourth-order valence-corrected chi connectivity index (χ4v) is 5.11. The van der Waals surface area contributed by atoms with Crippen molar-refractivity contribution >= 4 is 11.8 Å². The van der Waals surface area contributed by atoms with Gasteiger partial charge >= 0.3 is 5.97 Å². The summed E-state index contributed by atoms with van der Waals surface area (Å²) in [6.07, 6.45) is 3.62. The fourth-order valence-electron chi connectivity index (χ4n) is 5.11. The van der Waals surface area contributed by atoms with E-state index in [1.165, 1.54) is 14.0 Å². The van der Waals surface area contributed by atoms with Crippen LogP contribution in [0.1, 0.15) is 31.7 Å². The Labute approximate surface area is 171 Å². The van der Waals surface area contributed by atoms with Gasteiger partial charge in [-0.1, -0.05) is 19.1 Å². The molecule has 6 nitrogen and oxygen atoms in total. The first-order valence-corrected chi connectivity index (χ1v) is 9.65. The van der Waals surface area contributed by atoms with E-state index < -0.39 is 23.4 Å². The van der Waals surface area contributed by atoms with Crippen LogP contribution in [-0.4, -0.2) is 39.2 Å². The highest BCUT2D eigenvalue weighted by Gasteiger charge is 2.64. The standard InChI is InChI=1S/C23H28O6/c1-7-10-23-12-18(28-6)21(25)20(22(23)29-14(3)24)19(13(23)2)15-8-9-16(26-4)17(11-15)27-5/h7-9,11-13,19-20,22H,1,10H2,2-6H3. The molecule has 1 aromatic carbocycles. The summed E-state index contributed by atoms with van der Waals surface area (Å²) in [5.74, 6) is 0.220. The van der Waals surface area contributed by atoms with Crippen molar-refractivity contribution in [3.8, 4) is 11.5 Å². The van der Waals surface area contributed by atoms with Gasteiger partial charge in [0.05, 0.1) is 27.2 Å². The zero-order chi connectivity index (χ0) is 21.3. The molecule has 2 aliphatic rings. The number of hydrogen-bond donors (Lipinski definition) is 0. The van der Waals surface area contributed by atoms with Gasteiger partial charge < -0.3 is 18.9 Å². The third kappa shape index (κ3) is 3.20. The number of allylic oxidation sites excluding steroid dienone is 2. The first kappa shape index (κ1) is 21.0. The molecule has 0 radical (unpaired) electrons. The minimum absolute atomic E-state index is 0.00967. The van der Waals surface area contributed by atoms with Gasteiger partial charge in [-0.05, 0) is 36.1 Å². The first-order chi connectivity index (χ1) is 13.8. The van der Waals surface area contributed by atoms with E-state index in [-0.39, 0.29) is 17.6 Å². The van der Waals surface area contributed by atoms with Crippen molar-refractivity contribution in [2.45, 2.75) is 32.3 Å². The molecular formula is C23H28O6. The molecule has 6 heteroatoms.